The lowest BCUT2D eigenvalue weighted by Crippen LogP contribution is -2.06. The minimum absolute atomic E-state index is 0.580. The topological polar surface area (TPSA) is 52.1 Å². The van der Waals surface area contributed by atoms with Crippen molar-refractivity contribution in [2.45, 2.75) is 13.5 Å². The lowest BCUT2D eigenvalue weighted by Gasteiger charge is -2.04. The van der Waals surface area contributed by atoms with Crippen LogP contribution >= 0.6 is 12.2 Å². The average molecular weight is 253 g/mol. The summed E-state index contributed by atoms with van der Waals surface area (Å²) in [4.78, 5) is 7.49. The summed E-state index contributed by atoms with van der Waals surface area (Å²) in [5.41, 5.74) is 1.71. The number of nitrogens with zero attached hydrogens (tertiary/aromatic N) is 2. The van der Waals surface area contributed by atoms with Crippen molar-refractivity contribution in [3.8, 4) is 5.88 Å². The number of rotatable bonds is 5. The molecule has 0 fully saturated rings. The molecule has 0 aromatic carbocycles. The molecular weight excluding hydrogens is 238 g/mol. The molecule has 0 radical (unpaired) electrons. The summed E-state index contributed by atoms with van der Waals surface area (Å²) in [6.45, 7) is 3.98. The third-order valence-corrected chi connectivity index (χ3v) is 2.79. The fraction of sp³-hybridized carbons (Fsp3) is 0.455. The Morgan fingerprint density at radius 2 is 2.29 bits per heavy atom. The number of nitrogens with one attached hydrogen (secondary N) is 1. The predicted octanol–water partition coefficient (Wildman–Crippen LogP) is 2.14. The van der Waals surface area contributed by atoms with Crippen LogP contribution in [0.15, 0.2) is 12.1 Å². The first kappa shape index (κ1) is 12.1. The molecule has 0 saturated heterocycles. The second-order valence-corrected chi connectivity index (χ2v) is 3.89. The van der Waals surface area contributed by atoms with Gasteiger partial charge < -0.3 is 14.5 Å². The summed E-state index contributed by atoms with van der Waals surface area (Å²) >= 11 is 5.25. The molecule has 2 heterocycles. The van der Waals surface area contributed by atoms with Gasteiger partial charge in [0.05, 0.1) is 25.8 Å². The minimum Gasteiger partial charge on any atom is -0.481 e. The van der Waals surface area contributed by atoms with Gasteiger partial charge in [-0.1, -0.05) is 0 Å². The maximum atomic E-state index is 5.33. The molecule has 0 unspecified atom stereocenters. The van der Waals surface area contributed by atoms with Gasteiger partial charge in [0.25, 0.3) is 0 Å². The summed E-state index contributed by atoms with van der Waals surface area (Å²) in [6.07, 6.45) is 0. The average Bonchev–Trinajstić information content (AvgIpc) is 2.65. The molecular formula is C11H15N3O2S. The Balaban J connectivity index is 2.38. The molecule has 0 amide bonds. The van der Waals surface area contributed by atoms with E-state index in [1.165, 1.54) is 0 Å². The van der Waals surface area contributed by atoms with E-state index in [2.05, 4.69) is 9.97 Å². The fourth-order valence-electron chi connectivity index (χ4n) is 1.63. The van der Waals surface area contributed by atoms with Crippen molar-refractivity contribution in [2.24, 2.45) is 0 Å². The lowest BCUT2D eigenvalue weighted by molar-refractivity contribution is 0.139. The van der Waals surface area contributed by atoms with Crippen molar-refractivity contribution in [1.29, 1.82) is 0 Å². The highest BCUT2D eigenvalue weighted by atomic mass is 32.1. The second-order valence-electron chi connectivity index (χ2n) is 3.50. The molecule has 5 nitrogen and oxygen atoms in total. The van der Waals surface area contributed by atoms with Crippen LogP contribution in [0.5, 0.6) is 5.88 Å². The summed E-state index contributed by atoms with van der Waals surface area (Å²) < 4.78 is 13.0. The monoisotopic (exact) mass is 253 g/mol. The van der Waals surface area contributed by atoms with Gasteiger partial charge in [-0.3, -0.25) is 4.57 Å². The number of H-pyrrole nitrogens is 1. The van der Waals surface area contributed by atoms with Crippen LogP contribution in [-0.2, 0) is 11.3 Å². The zero-order valence-corrected chi connectivity index (χ0v) is 10.7. The first-order valence-corrected chi connectivity index (χ1v) is 5.88. The van der Waals surface area contributed by atoms with Gasteiger partial charge in [-0.05, 0) is 25.2 Å². The van der Waals surface area contributed by atoms with Crippen molar-refractivity contribution < 1.29 is 9.47 Å². The molecule has 0 saturated carbocycles. The van der Waals surface area contributed by atoms with Crippen molar-refractivity contribution in [3.63, 3.8) is 0 Å². The molecule has 2 rings (SSSR count). The van der Waals surface area contributed by atoms with E-state index in [1.54, 1.807) is 13.2 Å². The molecule has 0 aliphatic rings. The zero-order valence-electron chi connectivity index (χ0n) is 9.90. The Morgan fingerprint density at radius 1 is 1.47 bits per heavy atom. The standard InChI is InChI=1S/C11H15N3O2S/c1-3-16-7-6-14-10-8(12-11(14)17)4-5-9(13-10)15-2/h4-5H,3,6-7H2,1-2H3,(H,12,17). The number of hydrogen-bond donors (Lipinski definition) is 1. The minimum atomic E-state index is 0.580. The summed E-state index contributed by atoms with van der Waals surface area (Å²) in [5, 5.41) is 0. The molecule has 0 aliphatic carbocycles. The van der Waals surface area contributed by atoms with Gasteiger partial charge >= 0.3 is 0 Å². The van der Waals surface area contributed by atoms with Gasteiger partial charge in [0.2, 0.25) is 5.88 Å². The van der Waals surface area contributed by atoms with Crippen LogP contribution in [0.1, 0.15) is 6.92 Å². The lowest BCUT2D eigenvalue weighted by atomic mass is 10.4. The van der Waals surface area contributed by atoms with Crippen LogP contribution in [0.3, 0.4) is 0 Å². The van der Waals surface area contributed by atoms with Crippen LogP contribution in [0.25, 0.3) is 11.2 Å². The van der Waals surface area contributed by atoms with E-state index in [-0.39, 0.29) is 0 Å². The maximum absolute atomic E-state index is 5.33. The van der Waals surface area contributed by atoms with Gasteiger partial charge in [0, 0.05) is 12.7 Å². The molecule has 92 valence electrons. The number of ether oxygens (including phenoxy) is 2. The molecule has 17 heavy (non-hydrogen) atoms. The van der Waals surface area contributed by atoms with Gasteiger partial charge in [0.15, 0.2) is 10.4 Å². The van der Waals surface area contributed by atoms with Gasteiger partial charge in [-0.25, -0.2) is 0 Å². The zero-order chi connectivity index (χ0) is 12.3. The normalized spacial score (nSPS) is 10.9. The predicted molar refractivity (Wildman–Crippen MR) is 68.0 cm³/mol. The first-order valence-electron chi connectivity index (χ1n) is 5.47. The van der Waals surface area contributed by atoms with E-state index in [0.717, 1.165) is 11.2 Å². The van der Waals surface area contributed by atoms with E-state index in [9.17, 15) is 0 Å². The smallest absolute Gasteiger partial charge is 0.215 e. The van der Waals surface area contributed by atoms with Crippen molar-refractivity contribution >= 4 is 23.4 Å². The molecule has 0 bridgehead atoms. The largest absolute Gasteiger partial charge is 0.481 e. The number of hydrogen-bond acceptors (Lipinski definition) is 4. The fourth-order valence-corrected chi connectivity index (χ4v) is 1.92. The van der Waals surface area contributed by atoms with Crippen molar-refractivity contribution in [3.05, 3.63) is 16.9 Å². The number of imidazole rings is 1. The second kappa shape index (κ2) is 5.29. The van der Waals surface area contributed by atoms with Gasteiger partial charge in [0.1, 0.15) is 0 Å². The van der Waals surface area contributed by atoms with E-state index >= 15 is 0 Å². The maximum Gasteiger partial charge on any atom is 0.215 e. The Bertz CT molecular complexity index is 561. The van der Waals surface area contributed by atoms with Crippen LogP contribution in [0.2, 0.25) is 0 Å². The van der Waals surface area contributed by atoms with Crippen molar-refractivity contribution in [1.82, 2.24) is 14.5 Å². The molecule has 0 atom stereocenters. The number of methoxy groups -OCH3 is 1. The molecule has 0 aliphatic heterocycles. The molecule has 2 aromatic rings. The highest BCUT2D eigenvalue weighted by Crippen LogP contribution is 2.16. The summed E-state index contributed by atoms with van der Waals surface area (Å²) in [7, 11) is 1.60. The first-order chi connectivity index (χ1) is 8.26. The number of fused-ring (bicyclic) bond motifs is 1. The molecule has 1 N–H and O–H groups in total. The van der Waals surface area contributed by atoms with Crippen LogP contribution in [0.4, 0.5) is 0 Å². The summed E-state index contributed by atoms with van der Waals surface area (Å²) in [5.74, 6) is 0.580. The number of aromatic amines is 1. The third kappa shape index (κ3) is 2.48. The number of pyridine rings is 1. The van der Waals surface area contributed by atoms with Crippen LogP contribution in [-0.4, -0.2) is 34.9 Å². The van der Waals surface area contributed by atoms with Crippen LogP contribution in [0, 0.1) is 4.77 Å². The summed E-state index contributed by atoms with van der Waals surface area (Å²) in [6, 6.07) is 3.72. The van der Waals surface area contributed by atoms with E-state index < -0.39 is 0 Å². The Hall–Kier alpha value is -1.40. The van der Waals surface area contributed by atoms with Crippen LogP contribution < -0.4 is 4.74 Å². The highest BCUT2D eigenvalue weighted by molar-refractivity contribution is 7.71. The van der Waals surface area contributed by atoms with Gasteiger partial charge in [-0.15, -0.1) is 0 Å². The molecule has 6 heteroatoms. The third-order valence-electron chi connectivity index (χ3n) is 2.46. The SMILES string of the molecule is CCOCCn1c(=S)[nH]c2ccc(OC)nc21. The number of aromatic nitrogens is 3. The Kier molecular flexibility index (Phi) is 3.75. The Morgan fingerprint density at radius 3 is 3.00 bits per heavy atom. The Labute approximate surface area is 104 Å². The van der Waals surface area contributed by atoms with E-state index in [1.807, 2.05) is 17.6 Å². The molecule has 0 spiro atoms. The quantitative estimate of drug-likeness (QED) is 0.655. The van der Waals surface area contributed by atoms with Gasteiger partial charge in [-0.2, -0.15) is 4.98 Å². The van der Waals surface area contributed by atoms with E-state index in [0.29, 0.717) is 30.4 Å². The van der Waals surface area contributed by atoms with Crippen molar-refractivity contribution in [2.75, 3.05) is 20.3 Å². The highest BCUT2D eigenvalue weighted by Gasteiger charge is 2.06. The molecule has 2 aromatic heterocycles. The van der Waals surface area contributed by atoms with E-state index in [4.69, 9.17) is 21.7 Å².